The van der Waals surface area contributed by atoms with E-state index in [1.54, 1.807) is 6.33 Å². The quantitative estimate of drug-likeness (QED) is 0.304. The van der Waals surface area contributed by atoms with Gasteiger partial charge in [-0.3, -0.25) is 4.99 Å². The molecule has 0 aliphatic rings. The highest BCUT2D eigenvalue weighted by Crippen LogP contribution is 2.22. The molecule has 6 nitrogen and oxygen atoms in total. The molecule has 0 spiro atoms. The Balaban J connectivity index is 1.44. The lowest BCUT2D eigenvalue weighted by Gasteiger charge is -2.12. The summed E-state index contributed by atoms with van der Waals surface area (Å²) in [4.78, 5) is 4.70. The minimum absolute atomic E-state index is 0.789. The highest BCUT2D eigenvalue weighted by Gasteiger charge is 2.03. The molecule has 2 aromatic carbocycles. The number of hydrogen-bond donors (Lipinski definition) is 2. The number of benzene rings is 2. The van der Waals surface area contributed by atoms with Gasteiger partial charge in [-0.1, -0.05) is 49.4 Å². The first-order valence-electron chi connectivity index (χ1n) is 10.2. The number of aromatic nitrogens is 3. The maximum Gasteiger partial charge on any atom is 0.191 e. The van der Waals surface area contributed by atoms with Gasteiger partial charge in [0.1, 0.15) is 12.2 Å². The summed E-state index contributed by atoms with van der Waals surface area (Å²) in [6, 6.07) is 15.1. The van der Waals surface area contributed by atoms with E-state index >= 15 is 0 Å². The highest BCUT2D eigenvalue weighted by atomic mass is 32.2. The van der Waals surface area contributed by atoms with Gasteiger partial charge in [-0.15, -0.1) is 10.2 Å². The van der Waals surface area contributed by atoms with Crippen molar-refractivity contribution in [2.45, 2.75) is 32.6 Å². The first-order chi connectivity index (χ1) is 14.3. The second-order valence-corrected chi connectivity index (χ2v) is 7.78. The summed E-state index contributed by atoms with van der Waals surface area (Å²) in [5, 5.41) is 17.5. The Morgan fingerprint density at radius 1 is 1.10 bits per heavy atom. The van der Waals surface area contributed by atoms with Crippen molar-refractivity contribution in [1.82, 2.24) is 25.4 Å². The lowest BCUT2D eigenvalue weighted by atomic mass is 10.1. The molecule has 3 aromatic rings. The topological polar surface area (TPSA) is 67.1 Å². The number of aliphatic imine (C=N–C) groups is 1. The van der Waals surface area contributed by atoms with Gasteiger partial charge in [0.25, 0.3) is 0 Å². The average Bonchev–Trinajstić information content (AvgIpc) is 3.21. The van der Waals surface area contributed by atoms with Gasteiger partial charge in [0.15, 0.2) is 5.96 Å². The maximum absolute atomic E-state index is 4.70. The van der Waals surface area contributed by atoms with Gasteiger partial charge in [-0.05, 0) is 23.3 Å². The summed E-state index contributed by atoms with van der Waals surface area (Å²) >= 11 is 1.92. The summed E-state index contributed by atoms with van der Waals surface area (Å²) in [5.41, 5.74) is 1.39. The van der Waals surface area contributed by atoms with Crippen molar-refractivity contribution in [3.05, 3.63) is 60.2 Å². The van der Waals surface area contributed by atoms with Gasteiger partial charge in [0.05, 0.1) is 6.54 Å². The average molecular weight is 411 g/mol. The molecule has 1 aromatic heterocycles. The molecule has 0 unspecified atom stereocenters. The molecule has 0 fully saturated rings. The van der Waals surface area contributed by atoms with E-state index in [0.717, 1.165) is 55.9 Å². The second-order valence-electron chi connectivity index (χ2n) is 6.67. The van der Waals surface area contributed by atoms with Gasteiger partial charge in [0, 0.05) is 37.6 Å². The van der Waals surface area contributed by atoms with Crippen molar-refractivity contribution < 1.29 is 0 Å². The lowest BCUT2D eigenvalue weighted by Crippen LogP contribution is -2.39. The zero-order chi connectivity index (χ0) is 20.3. The van der Waals surface area contributed by atoms with E-state index in [1.807, 2.05) is 11.8 Å². The molecule has 0 bridgehead atoms. The fourth-order valence-corrected chi connectivity index (χ4v) is 4.03. The maximum atomic E-state index is 4.70. The van der Waals surface area contributed by atoms with Crippen molar-refractivity contribution in [3.8, 4) is 0 Å². The van der Waals surface area contributed by atoms with Crippen molar-refractivity contribution in [2.24, 2.45) is 4.99 Å². The predicted molar refractivity (Wildman–Crippen MR) is 123 cm³/mol. The fraction of sp³-hybridized carbons (Fsp3) is 0.409. The number of nitrogens with zero attached hydrogens (tertiary/aromatic N) is 4. The van der Waals surface area contributed by atoms with Crippen molar-refractivity contribution in [3.63, 3.8) is 0 Å². The summed E-state index contributed by atoms with van der Waals surface area (Å²) in [6.45, 7) is 7.44. The Labute approximate surface area is 177 Å². The van der Waals surface area contributed by atoms with Gasteiger partial charge >= 0.3 is 0 Å². The van der Waals surface area contributed by atoms with Crippen LogP contribution >= 0.6 is 11.8 Å². The van der Waals surface area contributed by atoms with Crippen LogP contribution in [0.5, 0.6) is 0 Å². The molecule has 0 radical (unpaired) electrons. The minimum atomic E-state index is 0.789. The summed E-state index contributed by atoms with van der Waals surface area (Å²) in [7, 11) is 0. The van der Waals surface area contributed by atoms with E-state index in [9.17, 15) is 0 Å². The summed E-state index contributed by atoms with van der Waals surface area (Å²) in [6.07, 6.45) is 2.68. The third-order valence-electron chi connectivity index (χ3n) is 4.64. The molecular formula is C22H30N6S. The monoisotopic (exact) mass is 410 g/mol. The van der Waals surface area contributed by atoms with E-state index < -0.39 is 0 Å². The van der Waals surface area contributed by atoms with E-state index in [4.69, 9.17) is 4.99 Å². The van der Waals surface area contributed by atoms with Crippen molar-refractivity contribution in [1.29, 1.82) is 0 Å². The SMILES string of the molecule is CCNC(=NCCSCc1cccc2ccccc12)NCCn1cnnc1CC. The molecule has 7 heteroatoms. The lowest BCUT2D eigenvalue weighted by molar-refractivity contribution is 0.633. The molecule has 0 atom stereocenters. The van der Waals surface area contributed by atoms with E-state index in [-0.39, 0.29) is 0 Å². The van der Waals surface area contributed by atoms with Crippen molar-refractivity contribution in [2.75, 3.05) is 25.4 Å². The Hall–Kier alpha value is -2.54. The Bertz CT molecular complexity index is 915. The Morgan fingerprint density at radius 2 is 1.97 bits per heavy atom. The summed E-state index contributed by atoms with van der Waals surface area (Å²) < 4.78 is 2.08. The summed E-state index contributed by atoms with van der Waals surface area (Å²) in [5.74, 6) is 3.88. The molecule has 3 rings (SSSR count). The largest absolute Gasteiger partial charge is 0.357 e. The van der Waals surface area contributed by atoms with Crippen LogP contribution in [0.2, 0.25) is 0 Å². The molecule has 0 saturated carbocycles. The fourth-order valence-electron chi connectivity index (χ4n) is 3.20. The first kappa shape index (κ1) is 21.2. The third kappa shape index (κ3) is 6.22. The smallest absolute Gasteiger partial charge is 0.191 e. The van der Waals surface area contributed by atoms with Crippen molar-refractivity contribution >= 4 is 28.5 Å². The molecule has 1 heterocycles. The zero-order valence-electron chi connectivity index (χ0n) is 17.3. The number of thioether (sulfide) groups is 1. The zero-order valence-corrected chi connectivity index (χ0v) is 18.1. The number of aryl methyl sites for hydroxylation is 1. The molecule has 29 heavy (non-hydrogen) atoms. The van der Waals surface area contributed by atoms with Crippen LogP contribution in [0, 0.1) is 0 Å². The van der Waals surface area contributed by atoms with Gasteiger partial charge in [-0.2, -0.15) is 11.8 Å². The second kappa shape index (κ2) is 11.5. The van der Waals surface area contributed by atoms with Crippen LogP contribution in [0.1, 0.15) is 25.2 Å². The standard InChI is InChI=1S/C22H30N6S/c1-3-21-27-26-17-28(21)14-12-24-22(23-4-2)25-13-15-29-16-19-10-7-9-18-8-5-6-11-20(18)19/h5-11,17H,3-4,12-16H2,1-2H3,(H2,23,24,25). The number of guanidine groups is 1. The Kier molecular flexibility index (Phi) is 8.37. The molecule has 0 aliphatic heterocycles. The van der Waals surface area contributed by atoms with Crippen LogP contribution < -0.4 is 10.6 Å². The van der Waals surface area contributed by atoms with Crippen LogP contribution in [0.15, 0.2) is 53.8 Å². The van der Waals surface area contributed by atoms with E-state index in [2.05, 4.69) is 81.7 Å². The van der Waals surface area contributed by atoms with E-state index in [1.165, 1.54) is 16.3 Å². The number of rotatable bonds is 10. The molecule has 0 saturated heterocycles. The van der Waals surface area contributed by atoms with Crippen LogP contribution in [0.4, 0.5) is 0 Å². The van der Waals surface area contributed by atoms with Crippen LogP contribution in [0.3, 0.4) is 0 Å². The minimum Gasteiger partial charge on any atom is -0.357 e. The molecule has 2 N–H and O–H groups in total. The Morgan fingerprint density at radius 3 is 2.83 bits per heavy atom. The molecular weight excluding hydrogens is 380 g/mol. The highest BCUT2D eigenvalue weighted by molar-refractivity contribution is 7.98. The van der Waals surface area contributed by atoms with Crippen LogP contribution in [-0.2, 0) is 18.7 Å². The van der Waals surface area contributed by atoms with Crippen LogP contribution in [0.25, 0.3) is 10.8 Å². The van der Waals surface area contributed by atoms with Gasteiger partial charge in [-0.25, -0.2) is 0 Å². The van der Waals surface area contributed by atoms with Crippen LogP contribution in [-0.4, -0.2) is 46.1 Å². The van der Waals surface area contributed by atoms with E-state index in [0.29, 0.717) is 0 Å². The first-order valence-corrected chi connectivity index (χ1v) is 11.4. The number of hydrogen-bond acceptors (Lipinski definition) is 4. The molecule has 154 valence electrons. The van der Waals surface area contributed by atoms with Gasteiger partial charge < -0.3 is 15.2 Å². The molecule has 0 amide bonds. The number of nitrogens with one attached hydrogen (secondary N) is 2. The molecule has 0 aliphatic carbocycles. The normalized spacial score (nSPS) is 11.7. The third-order valence-corrected chi connectivity index (χ3v) is 5.63. The predicted octanol–water partition coefficient (Wildman–Crippen LogP) is 3.48. The van der Waals surface area contributed by atoms with Gasteiger partial charge in [0.2, 0.25) is 0 Å². The number of fused-ring (bicyclic) bond motifs is 1.